The number of hydrogen-bond donors (Lipinski definition) is 2. The molecule has 144 valence electrons. The molecule has 0 aliphatic heterocycles. The lowest BCUT2D eigenvalue weighted by atomic mass is 10.1. The molecule has 0 aliphatic carbocycles. The summed E-state index contributed by atoms with van der Waals surface area (Å²) in [6, 6.07) is 9.98. The van der Waals surface area contributed by atoms with Gasteiger partial charge in [-0.25, -0.2) is 13.2 Å². The zero-order valence-corrected chi connectivity index (χ0v) is 16.4. The number of carbonyl (C=O) groups is 2. The third kappa shape index (κ3) is 4.99. The van der Waals surface area contributed by atoms with Gasteiger partial charge < -0.3 is 10.1 Å². The molecule has 2 aromatic carbocycles. The second-order valence-electron chi connectivity index (χ2n) is 5.54. The molecule has 2 rings (SSSR count). The maximum atomic E-state index is 12.8. The smallest absolute Gasteiger partial charge is 0.337 e. The second-order valence-corrected chi connectivity index (χ2v) is 7.60. The van der Waals surface area contributed by atoms with Crippen LogP contribution >= 0.6 is 11.6 Å². The standard InChI is InChI=1S/C18H19ClN2O5S/c1-3-10-20-17(22)13-6-4-5-7-15(13)21-27(24,25)16-11-12(18(23)26-2)8-9-14(16)19/h4-9,11,21H,3,10H2,1-2H3,(H,20,22). The van der Waals surface area contributed by atoms with Crippen LogP contribution in [0.3, 0.4) is 0 Å². The van der Waals surface area contributed by atoms with Crippen molar-refractivity contribution < 1.29 is 22.7 Å². The summed E-state index contributed by atoms with van der Waals surface area (Å²) < 4.78 is 32.6. The summed E-state index contributed by atoms with van der Waals surface area (Å²) >= 11 is 6.02. The van der Waals surface area contributed by atoms with E-state index in [2.05, 4.69) is 14.8 Å². The average molecular weight is 411 g/mol. The van der Waals surface area contributed by atoms with Crippen LogP contribution < -0.4 is 10.0 Å². The Hall–Kier alpha value is -2.58. The first kappa shape index (κ1) is 20.7. The van der Waals surface area contributed by atoms with E-state index in [1.54, 1.807) is 12.1 Å². The Labute approximate surface area is 162 Å². The van der Waals surface area contributed by atoms with E-state index in [0.29, 0.717) is 6.54 Å². The van der Waals surface area contributed by atoms with Crippen LogP contribution in [0.1, 0.15) is 34.1 Å². The third-order valence-electron chi connectivity index (χ3n) is 3.59. The van der Waals surface area contributed by atoms with E-state index in [1.807, 2.05) is 6.92 Å². The molecular weight excluding hydrogens is 392 g/mol. The number of nitrogens with one attached hydrogen (secondary N) is 2. The van der Waals surface area contributed by atoms with Crippen LogP contribution in [0.15, 0.2) is 47.4 Å². The molecule has 0 saturated carbocycles. The van der Waals surface area contributed by atoms with Crippen molar-refractivity contribution in [2.75, 3.05) is 18.4 Å². The van der Waals surface area contributed by atoms with Crippen LogP contribution in [-0.4, -0.2) is 33.9 Å². The summed E-state index contributed by atoms with van der Waals surface area (Å²) in [5.74, 6) is -1.09. The molecule has 7 nitrogen and oxygen atoms in total. The van der Waals surface area contributed by atoms with Gasteiger partial charge in [0.25, 0.3) is 15.9 Å². The molecule has 0 aliphatic rings. The summed E-state index contributed by atoms with van der Waals surface area (Å²) in [6.07, 6.45) is 0.746. The summed E-state index contributed by atoms with van der Waals surface area (Å²) in [7, 11) is -2.97. The Morgan fingerprint density at radius 1 is 1.15 bits per heavy atom. The van der Waals surface area contributed by atoms with Gasteiger partial charge in [0.05, 0.1) is 28.9 Å². The number of methoxy groups -OCH3 is 1. The van der Waals surface area contributed by atoms with Crippen LogP contribution in [0.5, 0.6) is 0 Å². The number of halogens is 1. The molecule has 0 saturated heterocycles. The van der Waals surface area contributed by atoms with E-state index >= 15 is 0 Å². The number of rotatable bonds is 7. The fourth-order valence-corrected chi connectivity index (χ4v) is 3.86. The molecule has 0 atom stereocenters. The van der Waals surface area contributed by atoms with Gasteiger partial charge >= 0.3 is 5.97 Å². The minimum Gasteiger partial charge on any atom is -0.465 e. The van der Waals surface area contributed by atoms with Crippen LogP contribution in [0.2, 0.25) is 5.02 Å². The number of esters is 1. The van der Waals surface area contributed by atoms with Crippen LogP contribution in [0.4, 0.5) is 5.69 Å². The van der Waals surface area contributed by atoms with Crippen LogP contribution in [0, 0.1) is 0 Å². The molecule has 0 heterocycles. The van der Waals surface area contributed by atoms with Crippen molar-refractivity contribution in [3.05, 3.63) is 58.6 Å². The highest BCUT2D eigenvalue weighted by atomic mass is 35.5. The number of ether oxygens (including phenoxy) is 1. The second kappa shape index (κ2) is 8.88. The predicted octanol–water partition coefficient (Wildman–Crippen LogP) is 3.07. The SMILES string of the molecule is CCCNC(=O)c1ccccc1NS(=O)(=O)c1cc(C(=O)OC)ccc1Cl. The van der Waals surface area contributed by atoms with Gasteiger partial charge in [0.15, 0.2) is 0 Å². The Bertz CT molecular complexity index is 960. The number of hydrogen-bond acceptors (Lipinski definition) is 5. The normalized spacial score (nSPS) is 10.9. The molecule has 0 aromatic heterocycles. The van der Waals surface area contributed by atoms with Gasteiger partial charge in [0.1, 0.15) is 4.90 Å². The molecule has 27 heavy (non-hydrogen) atoms. The molecule has 0 bridgehead atoms. The molecule has 0 unspecified atom stereocenters. The average Bonchev–Trinajstić information content (AvgIpc) is 2.65. The largest absolute Gasteiger partial charge is 0.465 e. The first-order valence-corrected chi connectivity index (χ1v) is 9.94. The highest BCUT2D eigenvalue weighted by Gasteiger charge is 2.22. The lowest BCUT2D eigenvalue weighted by Gasteiger charge is -2.14. The topological polar surface area (TPSA) is 102 Å². The molecule has 2 N–H and O–H groups in total. The minimum absolute atomic E-state index is 0.0382. The lowest BCUT2D eigenvalue weighted by Crippen LogP contribution is -2.26. The van der Waals surface area contributed by atoms with Gasteiger partial charge in [-0.2, -0.15) is 0 Å². The van der Waals surface area contributed by atoms with Crippen molar-refractivity contribution in [3.63, 3.8) is 0 Å². The third-order valence-corrected chi connectivity index (χ3v) is 5.44. The van der Waals surface area contributed by atoms with E-state index in [0.717, 1.165) is 12.5 Å². The van der Waals surface area contributed by atoms with E-state index < -0.39 is 21.9 Å². The van der Waals surface area contributed by atoms with Crippen LogP contribution in [-0.2, 0) is 14.8 Å². The van der Waals surface area contributed by atoms with Gasteiger partial charge in [-0.3, -0.25) is 9.52 Å². The van der Waals surface area contributed by atoms with E-state index in [9.17, 15) is 18.0 Å². The molecule has 0 spiro atoms. The summed E-state index contributed by atoms with van der Waals surface area (Å²) in [4.78, 5) is 23.6. The van der Waals surface area contributed by atoms with Crippen molar-refractivity contribution in [3.8, 4) is 0 Å². The minimum atomic E-state index is -4.15. The van der Waals surface area contributed by atoms with Crippen molar-refractivity contribution in [2.45, 2.75) is 18.2 Å². The van der Waals surface area contributed by atoms with Gasteiger partial charge in [-0.15, -0.1) is 0 Å². The number of carbonyl (C=O) groups excluding carboxylic acids is 2. The maximum absolute atomic E-state index is 12.8. The van der Waals surface area contributed by atoms with Gasteiger partial charge in [-0.1, -0.05) is 30.7 Å². The Morgan fingerprint density at radius 2 is 1.85 bits per heavy atom. The van der Waals surface area contributed by atoms with Crippen molar-refractivity contribution in [2.24, 2.45) is 0 Å². The summed E-state index contributed by atoms with van der Waals surface area (Å²) in [5, 5.41) is 2.63. The highest BCUT2D eigenvalue weighted by Crippen LogP contribution is 2.26. The number of sulfonamides is 1. The Balaban J connectivity index is 2.41. The Morgan fingerprint density at radius 3 is 2.52 bits per heavy atom. The van der Waals surface area contributed by atoms with Crippen molar-refractivity contribution in [1.82, 2.24) is 5.32 Å². The molecule has 0 radical (unpaired) electrons. The fourth-order valence-electron chi connectivity index (χ4n) is 2.26. The molecule has 2 aromatic rings. The summed E-state index contributed by atoms with van der Waals surface area (Å²) in [6.45, 7) is 2.37. The molecule has 0 fully saturated rings. The number of anilines is 1. The van der Waals surface area contributed by atoms with Crippen molar-refractivity contribution >= 4 is 39.2 Å². The molecule has 9 heteroatoms. The number of amides is 1. The lowest BCUT2D eigenvalue weighted by molar-refractivity contribution is 0.0600. The van der Waals surface area contributed by atoms with Gasteiger partial charge in [-0.05, 0) is 36.8 Å². The Kier molecular flexibility index (Phi) is 6.81. The first-order valence-electron chi connectivity index (χ1n) is 8.08. The number of benzene rings is 2. The quantitative estimate of drug-likeness (QED) is 0.683. The highest BCUT2D eigenvalue weighted by molar-refractivity contribution is 7.92. The summed E-state index contributed by atoms with van der Waals surface area (Å²) in [5.41, 5.74) is 0.316. The predicted molar refractivity (Wildman–Crippen MR) is 103 cm³/mol. The maximum Gasteiger partial charge on any atom is 0.337 e. The monoisotopic (exact) mass is 410 g/mol. The van der Waals surface area contributed by atoms with Crippen LogP contribution in [0.25, 0.3) is 0 Å². The number of para-hydroxylation sites is 1. The van der Waals surface area contributed by atoms with Gasteiger partial charge in [0.2, 0.25) is 0 Å². The zero-order valence-electron chi connectivity index (χ0n) is 14.8. The van der Waals surface area contributed by atoms with E-state index in [4.69, 9.17) is 11.6 Å². The molecular formula is C18H19ClN2O5S. The fraction of sp³-hybridized carbons (Fsp3) is 0.222. The van der Waals surface area contributed by atoms with E-state index in [1.165, 1.54) is 31.4 Å². The molecule has 1 amide bonds. The zero-order chi connectivity index (χ0) is 20.0. The van der Waals surface area contributed by atoms with Gasteiger partial charge in [0, 0.05) is 6.54 Å². The van der Waals surface area contributed by atoms with Crippen molar-refractivity contribution in [1.29, 1.82) is 0 Å². The first-order chi connectivity index (χ1) is 12.8. The van der Waals surface area contributed by atoms with E-state index in [-0.39, 0.29) is 26.7 Å².